The van der Waals surface area contributed by atoms with Gasteiger partial charge in [-0.2, -0.15) is 0 Å². The number of nitrogens with one attached hydrogen (secondary N) is 1. The van der Waals surface area contributed by atoms with Crippen LogP contribution in [0, 0.1) is 17.0 Å². The molecule has 7 heteroatoms. The van der Waals surface area contributed by atoms with Gasteiger partial charge in [0.25, 0.3) is 5.69 Å². The third-order valence-corrected chi connectivity index (χ3v) is 4.47. The summed E-state index contributed by atoms with van der Waals surface area (Å²) in [7, 11) is 2.02. The summed E-state index contributed by atoms with van der Waals surface area (Å²) >= 11 is 3.45. The van der Waals surface area contributed by atoms with Crippen molar-refractivity contribution in [2.75, 3.05) is 51.2 Å². The van der Waals surface area contributed by atoms with Crippen molar-refractivity contribution in [2.24, 2.45) is 0 Å². The van der Waals surface area contributed by atoms with Gasteiger partial charge < -0.3 is 10.2 Å². The normalized spacial score (nSPS) is 16.0. The SMILES string of the molecule is Cc1cc(N(C)CCN2CCNCC2)c(Br)cc1[N+](=O)[O-]. The van der Waals surface area contributed by atoms with Crippen LogP contribution in [0.5, 0.6) is 0 Å². The highest BCUT2D eigenvalue weighted by Gasteiger charge is 2.17. The Kier molecular flexibility index (Phi) is 5.55. The van der Waals surface area contributed by atoms with Gasteiger partial charge >= 0.3 is 0 Å². The van der Waals surface area contributed by atoms with Crippen molar-refractivity contribution in [2.45, 2.75) is 6.92 Å². The monoisotopic (exact) mass is 356 g/mol. The first kappa shape index (κ1) is 16.2. The van der Waals surface area contributed by atoms with Crippen molar-refractivity contribution in [1.82, 2.24) is 10.2 Å². The van der Waals surface area contributed by atoms with Crippen molar-refractivity contribution in [3.8, 4) is 0 Å². The van der Waals surface area contributed by atoms with Crippen LogP contribution in [-0.2, 0) is 0 Å². The van der Waals surface area contributed by atoms with E-state index in [1.54, 1.807) is 13.0 Å². The topological polar surface area (TPSA) is 61.6 Å². The predicted octanol–water partition coefficient (Wildman–Crippen LogP) is 2.01. The Hall–Kier alpha value is -1.18. The molecule has 1 aliphatic rings. The minimum Gasteiger partial charge on any atom is -0.372 e. The van der Waals surface area contributed by atoms with E-state index in [0.717, 1.165) is 49.4 Å². The minimum atomic E-state index is -0.343. The molecule has 1 aromatic carbocycles. The molecule has 0 aliphatic carbocycles. The fourth-order valence-corrected chi connectivity index (χ4v) is 3.13. The second-order valence-electron chi connectivity index (χ2n) is 5.36. The molecule has 0 unspecified atom stereocenters. The lowest BCUT2D eigenvalue weighted by Crippen LogP contribution is -2.46. The molecule has 1 N–H and O–H groups in total. The van der Waals surface area contributed by atoms with Gasteiger partial charge in [-0.15, -0.1) is 0 Å². The number of rotatable bonds is 5. The lowest BCUT2D eigenvalue weighted by atomic mass is 10.1. The Morgan fingerprint density at radius 2 is 2.10 bits per heavy atom. The minimum absolute atomic E-state index is 0.154. The summed E-state index contributed by atoms with van der Waals surface area (Å²) in [4.78, 5) is 15.2. The first-order valence-corrected chi connectivity index (χ1v) is 7.87. The molecular formula is C14H21BrN4O2. The zero-order valence-electron chi connectivity index (χ0n) is 12.4. The van der Waals surface area contributed by atoms with E-state index in [9.17, 15) is 10.1 Å². The molecule has 0 bridgehead atoms. The van der Waals surface area contributed by atoms with Crippen molar-refractivity contribution >= 4 is 27.3 Å². The van der Waals surface area contributed by atoms with E-state index in [1.165, 1.54) is 0 Å². The molecule has 1 fully saturated rings. The van der Waals surface area contributed by atoms with Gasteiger partial charge in [-0.05, 0) is 28.9 Å². The van der Waals surface area contributed by atoms with Crippen molar-refractivity contribution in [3.05, 3.63) is 32.3 Å². The molecular weight excluding hydrogens is 336 g/mol. The van der Waals surface area contributed by atoms with E-state index >= 15 is 0 Å². The maximum atomic E-state index is 10.9. The molecule has 116 valence electrons. The van der Waals surface area contributed by atoms with Gasteiger partial charge in [-0.3, -0.25) is 15.0 Å². The van der Waals surface area contributed by atoms with Crippen LogP contribution in [0.25, 0.3) is 0 Å². The number of halogens is 1. The molecule has 0 radical (unpaired) electrons. The van der Waals surface area contributed by atoms with Gasteiger partial charge in [0, 0.05) is 62.4 Å². The van der Waals surface area contributed by atoms with Gasteiger partial charge in [0.05, 0.1) is 10.6 Å². The largest absolute Gasteiger partial charge is 0.372 e. The summed E-state index contributed by atoms with van der Waals surface area (Å²) in [6.07, 6.45) is 0. The Morgan fingerprint density at radius 1 is 1.43 bits per heavy atom. The van der Waals surface area contributed by atoms with E-state index in [0.29, 0.717) is 5.56 Å². The number of nitro groups is 1. The number of hydrogen-bond donors (Lipinski definition) is 1. The molecule has 2 rings (SSSR count). The Balaban J connectivity index is 2.03. The molecule has 6 nitrogen and oxygen atoms in total. The summed E-state index contributed by atoms with van der Waals surface area (Å²) in [5.74, 6) is 0. The molecule has 0 aromatic heterocycles. The van der Waals surface area contributed by atoms with Crippen LogP contribution in [0.3, 0.4) is 0 Å². The highest BCUT2D eigenvalue weighted by atomic mass is 79.9. The van der Waals surface area contributed by atoms with E-state index in [-0.39, 0.29) is 10.6 Å². The zero-order valence-corrected chi connectivity index (χ0v) is 14.0. The van der Waals surface area contributed by atoms with E-state index in [2.05, 4.69) is 31.0 Å². The molecule has 0 atom stereocenters. The van der Waals surface area contributed by atoms with Crippen molar-refractivity contribution in [3.63, 3.8) is 0 Å². The van der Waals surface area contributed by atoms with Gasteiger partial charge in [-0.25, -0.2) is 0 Å². The Morgan fingerprint density at radius 3 is 2.71 bits per heavy atom. The summed E-state index contributed by atoms with van der Waals surface area (Å²) in [6, 6.07) is 3.46. The number of likely N-dealkylation sites (N-methyl/N-ethyl adjacent to an activating group) is 1. The summed E-state index contributed by atoms with van der Waals surface area (Å²) in [6.45, 7) is 7.92. The average Bonchev–Trinajstić information content (AvgIpc) is 2.47. The van der Waals surface area contributed by atoms with Crippen molar-refractivity contribution < 1.29 is 4.92 Å². The van der Waals surface area contributed by atoms with E-state index in [1.807, 2.05) is 13.1 Å². The Labute approximate surface area is 133 Å². The molecule has 0 amide bonds. The number of benzene rings is 1. The molecule has 1 saturated heterocycles. The number of nitro benzene ring substituents is 1. The van der Waals surface area contributed by atoms with Crippen LogP contribution in [0.1, 0.15) is 5.56 Å². The van der Waals surface area contributed by atoms with Gasteiger partial charge in [0.15, 0.2) is 0 Å². The highest BCUT2D eigenvalue weighted by molar-refractivity contribution is 9.10. The zero-order chi connectivity index (χ0) is 15.4. The van der Waals surface area contributed by atoms with Crippen LogP contribution in [-0.4, -0.2) is 56.1 Å². The second kappa shape index (κ2) is 7.20. The van der Waals surface area contributed by atoms with E-state index < -0.39 is 0 Å². The van der Waals surface area contributed by atoms with Gasteiger partial charge in [0.1, 0.15) is 0 Å². The first-order valence-electron chi connectivity index (χ1n) is 7.08. The van der Waals surface area contributed by atoms with E-state index in [4.69, 9.17) is 0 Å². The fourth-order valence-electron chi connectivity index (χ4n) is 2.49. The molecule has 1 aliphatic heterocycles. The highest BCUT2D eigenvalue weighted by Crippen LogP contribution is 2.32. The number of piperazine rings is 1. The van der Waals surface area contributed by atoms with Crippen LogP contribution in [0.2, 0.25) is 0 Å². The molecule has 1 aromatic rings. The summed E-state index contributed by atoms with van der Waals surface area (Å²) < 4.78 is 0.766. The lowest BCUT2D eigenvalue weighted by molar-refractivity contribution is -0.385. The predicted molar refractivity (Wildman–Crippen MR) is 88.1 cm³/mol. The van der Waals surface area contributed by atoms with Crippen LogP contribution < -0.4 is 10.2 Å². The van der Waals surface area contributed by atoms with Crippen molar-refractivity contribution in [1.29, 1.82) is 0 Å². The maximum absolute atomic E-state index is 10.9. The van der Waals surface area contributed by atoms with Crippen LogP contribution in [0.15, 0.2) is 16.6 Å². The Bertz CT molecular complexity index is 518. The number of nitrogens with zero attached hydrogens (tertiary/aromatic N) is 3. The van der Waals surface area contributed by atoms with Crippen LogP contribution in [0.4, 0.5) is 11.4 Å². The third kappa shape index (κ3) is 4.15. The quantitative estimate of drug-likeness (QED) is 0.645. The first-order chi connectivity index (χ1) is 9.99. The number of aryl methyl sites for hydroxylation is 1. The third-order valence-electron chi connectivity index (χ3n) is 3.83. The summed E-state index contributed by atoms with van der Waals surface area (Å²) in [5.41, 5.74) is 1.83. The molecule has 0 saturated carbocycles. The van der Waals surface area contributed by atoms with Crippen LogP contribution >= 0.6 is 15.9 Å². The second-order valence-corrected chi connectivity index (χ2v) is 6.21. The smallest absolute Gasteiger partial charge is 0.273 e. The lowest BCUT2D eigenvalue weighted by Gasteiger charge is -2.30. The fraction of sp³-hybridized carbons (Fsp3) is 0.571. The number of hydrogen-bond acceptors (Lipinski definition) is 5. The number of anilines is 1. The van der Waals surface area contributed by atoms with Gasteiger partial charge in [-0.1, -0.05) is 0 Å². The molecule has 21 heavy (non-hydrogen) atoms. The summed E-state index contributed by atoms with van der Waals surface area (Å²) in [5, 5.41) is 14.3. The van der Waals surface area contributed by atoms with Gasteiger partial charge in [0.2, 0.25) is 0 Å². The standard InChI is InChI=1S/C14H21BrN4O2/c1-11-9-14(12(15)10-13(11)19(20)21)17(2)7-8-18-5-3-16-4-6-18/h9-10,16H,3-8H2,1-2H3. The molecule has 1 heterocycles. The molecule has 0 spiro atoms. The maximum Gasteiger partial charge on any atom is 0.273 e. The average molecular weight is 357 g/mol.